The largest absolute Gasteiger partial charge is 0.469 e. The molecule has 0 saturated heterocycles. The Morgan fingerprint density at radius 1 is 1.38 bits per heavy atom. The molecule has 1 N–H and O–H groups in total. The number of pyridine rings is 1. The van der Waals surface area contributed by atoms with Gasteiger partial charge >= 0.3 is 0 Å². The van der Waals surface area contributed by atoms with E-state index in [9.17, 15) is 0 Å². The lowest BCUT2D eigenvalue weighted by atomic mass is 10.2. The molecule has 2 aromatic heterocycles. The van der Waals surface area contributed by atoms with Gasteiger partial charge in [0.05, 0.1) is 11.3 Å². The van der Waals surface area contributed by atoms with Crippen LogP contribution in [0.4, 0.5) is 0 Å². The minimum atomic E-state index is 0.702. The summed E-state index contributed by atoms with van der Waals surface area (Å²) in [5, 5.41) is 4.01. The summed E-state index contributed by atoms with van der Waals surface area (Å²) in [7, 11) is 0. The van der Waals surface area contributed by atoms with E-state index in [1.807, 2.05) is 18.2 Å². The lowest BCUT2D eigenvalue weighted by molar-refractivity contribution is 0.499. The third kappa shape index (κ3) is 3.08. The van der Waals surface area contributed by atoms with Crippen LogP contribution in [-0.2, 0) is 13.0 Å². The van der Waals surface area contributed by atoms with Gasteiger partial charge in [-0.2, -0.15) is 0 Å². The third-order valence-corrected chi connectivity index (χ3v) is 2.64. The van der Waals surface area contributed by atoms with Crippen LogP contribution in [0.5, 0.6) is 0 Å². The monoisotopic (exact) mass is 236 g/mol. The Morgan fingerprint density at radius 2 is 2.31 bits per heavy atom. The zero-order valence-corrected chi connectivity index (χ0v) is 9.57. The molecule has 0 aromatic carbocycles. The molecule has 0 fully saturated rings. The van der Waals surface area contributed by atoms with Crippen molar-refractivity contribution < 1.29 is 4.42 Å². The Kier molecular flexibility index (Phi) is 3.97. The molecule has 0 aliphatic carbocycles. The summed E-state index contributed by atoms with van der Waals surface area (Å²) in [6.07, 6.45) is 5.98. The molecule has 0 saturated carbocycles. The first kappa shape index (κ1) is 11.2. The van der Waals surface area contributed by atoms with Gasteiger partial charge in [0.2, 0.25) is 0 Å². The molecule has 16 heavy (non-hydrogen) atoms. The Morgan fingerprint density at radius 3 is 3.06 bits per heavy atom. The van der Waals surface area contributed by atoms with E-state index in [4.69, 9.17) is 16.0 Å². The Hall–Kier alpha value is -1.32. The molecule has 0 radical (unpaired) electrons. The normalized spacial score (nSPS) is 10.6. The standard InChI is InChI=1S/C12H13ClN2O/c13-12-9-15-5-3-10(12)8-14-6-4-11-2-1-7-16-11/h1-3,5,7,9,14H,4,6,8H2. The van der Waals surface area contributed by atoms with Gasteiger partial charge in [-0.3, -0.25) is 4.98 Å². The summed E-state index contributed by atoms with van der Waals surface area (Å²) < 4.78 is 5.23. The van der Waals surface area contributed by atoms with Crippen molar-refractivity contribution in [2.75, 3.05) is 6.54 Å². The maximum absolute atomic E-state index is 5.98. The number of aromatic nitrogens is 1. The van der Waals surface area contributed by atoms with Crippen LogP contribution in [0.25, 0.3) is 0 Å². The Balaban J connectivity index is 1.74. The van der Waals surface area contributed by atoms with E-state index >= 15 is 0 Å². The maximum atomic E-state index is 5.98. The molecule has 4 heteroatoms. The molecule has 0 aliphatic heterocycles. The lowest BCUT2D eigenvalue weighted by Crippen LogP contribution is -2.16. The van der Waals surface area contributed by atoms with Crippen LogP contribution in [0, 0.1) is 0 Å². The molecule has 3 nitrogen and oxygen atoms in total. The van der Waals surface area contributed by atoms with Gasteiger partial charge in [0.15, 0.2) is 0 Å². The second-order valence-electron chi connectivity index (χ2n) is 3.47. The molecule has 2 heterocycles. The van der Waals surface area contributed by atoms with Gasteiger partial charge in [0.1, 0.15) is 5.76 Å². The Bertz CT molecular complexity index is 428. The topological polar surface area (TPSA) is 38.1 Å². The number of rotatable bonds is 5. The zero-order chi connectivity index (χ0) is 11.2. The van der Waals surface area contributed by atoms with Crippen molar-refractivity contribution in [1.82, 2.24) is 10.3 Å². The second kappa shape index (κ2) is 5.68. The summed E-state index contributed by atoms with van der Waals surface area (Å²) in [4.78, 5) is 3.94. The molecule has 0 spiro atoms. The van der Waals surface area contributed by atoms with Crippen molar-refractivity contribution in [3.8, 4) is 0 Å². The molecule has 2 aromatic rings. The van der Waals surface area contributed by atoms with Crippen LogP contribution < -0.4 is 5.32 Å². The molecule has 0 unspecified atom stereocenters. The van der Waals surface area contributed by atoms with Crippen molar-refractivity contribution in [3.05, 3.63) is 53.2 Å². The second-order valence-corrected chi connectivity index (χ2v) is 3.88. The zero-order valence-electron chi connectivity index (χ0n) is 8.82. The smallest absolute Gasteiger partial charge is 0.105 e. The fourth-order valence-electron chi connectivity index (χ4n) is 1.44. The van der Waals surface area contributed by atoms with Crippen LogP contribution in [0.3, 0.4) is 0 Å². The quantitative estimate of drug-likeness (QED) is 0.812. The van der Waals surface area contributed by atoms with Crippen LogP contribution >= 0.6 is 11.6 Å². The number of furan rings is 1. The first-order chi connectivity index (χ1) is 7.86. The van der Waals surface area contributed by atoms with E-state index in [2.05, 4.69) is 10.3 Å². The van der Waals surface area contributed by atoms with Crippen molar-refractivity contribution in [1.29, 1.82) is 0 Å². The van der Waals surface area contributed by atoms with E-state index in [0.29, 0.717) is 5.02 Å². The predicted molar refractivity (Wildman–Crippen MR) is 63.4 cm³/mol. The summed E-state index contributed by atoms with van der Waals surface area (Å²) in [5.41, 5.74) is 1.07. The minimum Gasteiger partial charge on any atom is -0.469 e. The minimum absolute atomic E-state index is 0.702. The first-order valence-corrected chi connectivity index (χ1v) is 5.55. The summed E-state index contributed by atoms with van der Waals surface area (Å²) in [6.45, 7) is 1.62. The summed E-state index contributed by atoms with van der Waals surface area (Å²) in [6, 6.07) is 5.79. The van der Waals surface area contributed by atoms with Gasteiger partial charge in [-0.05, 0) is 23.8 Å². The molecule has 2 rings (SSSR count). The predicted octanol–water partition coefficient (Wildman–Crippen LogP) is 2.66. The van der Waals surface area contributed by atoms with Crippen LogP contribution in [0.1, 0.15) is 11.3 Å². The highest BCUT2D eigenvalue weighted by Crippen LogP contribution is 2.12. The van der Waals surface area contributed by atoms with Gasteiger partial charge in [0, 0.05) is 31.9 Å². The fourth-order valence-corrected chi connectivity index (χ4v) is 1.62. The number of halogens is 1. The average Bonchev–Trinajstić information content (AvgIpc) is 2.79. The molecular weight excluding hydrogens is 224 g/mol. The SMILES string of the molecule is Clc1cnccc1CNCCc1ccco1. The number of nitrogens with zero attached hydrogens (tertiary/aromatic N) is 1. The van der Waals surface area contributed by atoms with Gasteiger partial charge in [-0.1, -0.05) is 11.6 Å². The molecule has 0 aliphatic rings. The summed E-state index contributed by atoms with van der Waals surface area (Å²) in [5.74, 6) is 0.994. The Labute approximate surface area is 99.5 Å². The van der Waals surface area contributed by atoms with Gasteiger partial charge in [-0.15, -0.1) is 0 Å². The summed E-state index contributed by atoms with van der Waals surface area (Å²) >= 11 is 5.98. The highest BCUT2D eigenvalue weighted by molar-refractivity contribution is 6.31. The number of hydrogen-bond donors (Lipinski definition) is 1. The van der Waals surface area contributed by atoms with E-state index < -0.39 is 0 Å². The fraction of sp³-hybridized carbons (Fsp3) is 0.250. The van der Waals surface area contributed by atoms with Crippen molar-refractivity contribution in [2.45, 2.75) is 13.0 Å². The van der Waals surface area contributed by atoms with Gasteiger partial charge in [0.25, 0.3) is 0 Å². The van der Waals surface area contributed by atoms with Crippen molar-refractivity contribution in [2.24, 2.45) is 0 Å². The molecular formula is C12H13ClN2O. The number of hydrogen-bond acceptors (Lipinski definition) is 3. The highest BCUT2D eigenvalue weighted by Gasteiger charge is 1.99. The molecule has 84 valence electrons. The van der Waals surface area contributed by atoms with E-state index in [-0.39, 0.29) is 0 Å². The van der Waals surface area contributed by atoms with Gasteiger partial charge < -0.3 is 9.73 Å². The highest BCUT2D eigenvalue weighted by atomic mass is 35.5. The van der Waals surface area contributed by atoms with Crippen LogP contribution in [0.15, 0.2) is 41.3 Å². The van der Waals surface area contributed by atoms with Crippen LogP contribution in [0.2, 0.25) is 5.02 Å². The van der Waals surface area contributed by atoms with Gasteiger partial charge in [-0.25, -0.2) is 0 Å². The van der Waals surface area contributed by atoms with Crippen molar-refractivity contribution in [3.63, 3.8) is 0 Å². The van der Waals surface area contributed by atoms with Crippen LogP contribution in [-0.4, -0.2) is 11.5 Å². The average molecular weight is 237 g/mol. The van der Waals surface area contributed by atoms with Crippen molar-refractivity contribution >= 4 is 11.6 Å². The van der Waals surface area contributed by atoms with E-state index in [1.165, 1.54) is 0 Å². The molecule has 0 amide bonds. The van der Waals surface area contributed by atoms with E-state index in [1.54, 1.807) is 18.7 Å². The molecule has 0 bridgehead atoms. The maximum Gasteiger partial charge on any atom is 0.105 e. The number of nitrogens with one attached hydrogen (secondary N) is 1. The third-order valence-electron chi connectivity index (χ3n) is 2.30. The lowest BCUT2D eigenvalue weighted by Gasteiger charge is -2.04. The van der Waals surface area contributed by atoms with E-state index in [0.717, 1.165) is 30.8 Å². The molecule has 0 atom stereocenters. The first-order valence-electron chi connectivity index (χ1n) is 5.18.